The third-order valence-corrected chi connectivity index (χ3v) is 4.22. The topological polar surface area (TPSA) is 81.9 Å². The van der Waals surface area contributed by atoms with Gasteiger partial charge in [-0.25, -0.2) is 4.98 Å². The molecule has 1 aromatic carbocycles. The smallest absolute Gasteiger partial charge is 0.251 e. The molecule has 0 aliphatic heterocycles. The van der Waals surface area contributed by atoms with E-state index in [1.54, 1.807) is 19.5 Å². The third kappa shape index (κ3) is 4.69. The fourth-order valence-electron chi connectivity index (χ4n) is 2.81. The molecule has 0 saturated heterocycles. The van der Waals surface area contributed by atoms with Gasteiger partial charge in [0.15, 0.2) is 0 Å². The highest BCUT2D eigenvalue weighted by molar-refractivity contribution is 5.94. The first kappa shape index (κ1) is 18.6. The van der Waals surface area contributed by atoms with Crippen molar-refractivity contribution in [1.82, 2.24) is 25.1 Å². The van der Waals surface area contributed by atoms with Crippen LogP contribution in [0.4, 0.5) is 0 Å². The van der Waals surface area contributed by atoms with Gasteiger partial charge in [-0.2, -0.15) is 5.10 Å². The molecule has 7 heteroatoms. The van der Waals surface area contributed by atoms with Crippen molar-refractivity contribution in [2.24, 2.45) is 0 Å². The van der Waals surface area contributed by atoms with Gasteiger partial charge in [-0.05, 0) is 44.0 Å². The Labute approximate surface area is 158 Å². The van der Waals surface area contributed by atoms with Gasteiger partial charge in [-0.15, -0.1) is 0 Å². The number of nitrogens with one attached hydrogen (secondary N) is 1. The Balaban J connectivity index is 1.53. The molecule has 0 unspecified atom stereocenters. The van der Waals surface area contributed by atoms with Crippen LogP contribution in [0.15, 0.2) is 42.7 Å². The van der Waals surface area contributed by atoms with E-state index in [1.807, 2.05) is 48.9 Å². The molecule has 3 rings (SSSR count). The van der Waals surface area contributed by atoms with Crippen molar-refractivity contribution in [3.8, 4) is 16.9 Å². The van der Waals surface area contributed by atoms with Crippen molar-refractivity contribution in [3.05, 3.63) is 59.9 Å². The molecule has 0 bridgehead atoms. The van der Waals surface area contributed by atoms with E-state index < -0.39 is 0 Å². The van der Waals surface area contributed by atoms with E-state index in [-0.39, 0.29) is 5.91 Å². The number of rotatable bonds is 7. The summed E-state index contributed by atoms with van der Waals surface area (Å²) in [7, 11) is 1.61. The Hall–Kier alpha value is -3.22. The summed E-state index contributed by atoms with van der Waals surface area (Å²) in [6.07, 6.45) is 4.22. The zero-order valence-corrected chi connectivity index (χ0v) is 15.8. The molecule has 0 aliphatic rings. The Morgan fingerprint density at radius 3 is 2.59 bits per heavy atom. The number of hydrogen-bond donors (Lipinski definition) is 1. The minimum Gasteiger partial charge on any atom is -0.495 e. The fourth-order valence-corrected chi connectivity index (χ4v) is 2.81. The number of aromatic nitrogens is 4. The van der Waals surface area contributed by atoms with Crippen LogP contribution < -0.4 is 10.1 Å². The van der Waals surface area contributed by atoms with Crippen molar-refractivity contribution < 1.29 is 9.53 Å². The van der Waals surface area contributed by atoms with E-state index in [2.05, 4.69) is 20.4 Å². The zero-order chi connectivity index (χ0) is 19.2. The predicted molar refractivity (Wildman–Crippen MR) is 103 cm³/mol. The maximum atomic E-state index is 12.3. The Kier molecular flexibility index (Phi) is 5.80. The van der Waals surface area contributed by atoms with Crippen molar-refractivity contribution in [2.75, 3.05) is 13.7 Å². The van der Waals surface area contributed by atoms with Gasteiger partial charge in [0.25, 0.3) is 5.91 Å². The quantitative estimate of drug-likeness (QED) is 0.651. The summed E-state index contributed by atoms with van der Waals surface area (Å²) in [5.41, 5.74) is 2.55. The summed E-state index contributed by atoms with van der Waals surface area (Å²) in [6, 6.07) is 9.36. The van der Waals surface area contributed by atoms with Gasteiger partial charge in [0.05, 0.1) is 13.3 Å². The van der Waals surface area contributed by atoms with Gasteiger partial charge in [0.1, 0.15) is 17.4 Å². The van der Waals surface area contributed by atoms with Crippen LogP contribution in [0.1, 0.15) is 28.4 Å². The van der Waals surface area contributed by atoms with Crippen LogP contribution in [0.3, 0.4) is 0 Å². The van der Waals surface area contributed by atoms with Crippen molar-refractivity contribution in [3.63, 3.8) is 0 Å². The van der Waals surface area contributed by atoms with E-state index >= 15 is 0 Å². The van der Waals surface area contributed by atoms with Crippen LogP contribution in [0.25, 0.3) is 11.1 Å². The molecule has 3 aromatic rings. The number of aryl methyl sites for hydroxylation is 3. The molecule has 0 fully saturated rings. The third-order valence-electron chi connectivity index (χ3n) is 4.22. The van der Waals surface area contributed by atoms with Gasteiger partial charge in [-0.3, -0.25) is 14.5 Å². The first-order valence-electron chi connectivity index (χ1n) is 8.82. The highest BCUT2D eigenvalue weighted by Crippen LogP contribution is 2.22. The lowest BCUT2D eigenvalue weighted by Crippen LogP contribution is -2.25. The second kappa shape index (κ2) is 8.44. The summed E-state index contributed by atoms with van der Waals surface area (Å²) in [4.78, 5) is 20.7. The summed E-state index contributed by atoms with van der Waals surface area (Å²) < 4.78 is 7.06. The predicted octanol–water partition coefficient (Wildman–Crippen LogP) is 2.79. The van der Waals surface area contributed by atoms with Crippen molar-refractivity contribution in [1.29, 1.82) is 0 Å². The van der Waals surface area contributed by atoms with E-state index in [9.17, 15) is 4.79 Å². The van der Waals surface area contributed by atoms with Crippen LogP contribution in [-0.2, 0) is 6.54 Å². The molecule has 2 aromatic heterocycles. The van der Waals surface area contributed by atoms with Crippen LogP contribution in [-0.4, -0.2) is 39.3 Å². The number of amides is 1. The molecule has 1 N–H and O–H groups in total. The molecule has 27 heavy (non-hydrogen) atoms. The van der Waals surface area contributed by atoms with Gasteiger partial charge < -0.3 is 10.1 Å². The number of hydrogen-bond acceptors (Lipinski definition) is 5. The van der Waals surface area contributed by atoms with Crippen LogP contribution in [0.2, 0.25) is 0 Å². The summed E-state index contributed by atoms with van der Waals surface area (Å²) in [6.45, 7) is 5.11. The molecule has 0 radical (unpaired) electrons. The second-order valence-corrected chi connectivity index (χ2v) is 6.23. The van der Waals surface area contributed by atoms with Gasteiger partial charge in [-0.1, -0.05) is 12.1 Å². The van der Waals surface area contributed by atoms with Crippen LogP contribution in [0.5, 0.6) is 5.75 Å². The van der Waals surface area contributed by atoms with E-state index in [0.29, 0.717) is 17.9 Å². The summed E-state index contributed by atoms with van der Waals surface area (Å²) in [5, 5.41) is 7.25. The molecule has 7 nitrogen and oxygen atoms in total. The number of methoxy groups -OCH3 is 1. The molecule has 0 spiro atoms. The molecule has 0 atom stereocenters. The molecule has 140 valence electrons. The lowest BCUT2D eigenvalue weighted by atomic mass is 10.1. The number of ether oxygens (including phenoxy) is 1. The number of nitrogens with zero attached hydrogens (tertiary/aromatic N) is 4. The average Bonchev–Trinajstić information content (AvgIpc) is 3.02. The highest BCUT2D eigenvalue weighted by Gasteiger charge is 2.07. The number of pyridine rings is 1. The fraction of sp³-hybridized carbons (Fsp3) is 0.300. The Morgan fingerprint density at radius 1 is 1.15 bits per heavy atom. The number of carbonyl (C=O) groups excluding carboxylic acids is 1. The Bertz CT molecular complexity index is 918. The van der Waals surface area contributed by atoms with E-state index in [1.165, 1.54) is 0 Å². The zero-order valence-electron chi connectivity index (χ0n) is 15.8. The lowest BCUT2D eigenvalue weighted by Gasteiger charge is -2.08. The minimum absolute atomic E-state index is 0.0863. The maximum absolute atomic E-state index is 12.3. The monoisotopic (exact) mass is 365 g/mol. The summed E-state index contributed by atoms with van der Waals surface area (Å²) in [5.74, 6) is 2.27. The SMILES string of the molecule is COc1cncc(-c2ccc(C(=O)NCCCn3nc(C)nc3C)cc2)c1. The number of benzene rings is 1. The molecule has 1 amide bonds. The standard InChI is InChI=1S/C20H23N5O2/c1-14-23-15(2)25(24-14)10-4-9-22-20(26)17-7-5-16(6-8-17)18-11-19(27-3)13-21-12-18/h5-8,11-13H,4,9-10H2,1-3H3,(H,22,26). The number of carbonyl (C=O) groups is 1. The van der Waals surface area contributed by atoms with Gasteiger partial charge in [0.2, 0.25) is 0 Å². The van der Waals surface area contributed by atoms with Gasteiger partial charge in [0, 0.05) is 30.4 Å². The molecule has 0 saturated carbocycles. The highest BCUT2D eigenvalue weighted by atomic mass is 16.5. The van der Waals surface area contributed by atoms with Gasteiger partial charge >= 0.3 is 0 Å². The lowest BCUT2D eigenvalue weighted by molar-refractivity contribution is 0.0952. The maximum Gasteiger partial charge on any atom is 0.251 e. The largest absolute Gasteiger partial charge is 0.495 e. The molecular weight excluding hydrogens is 342 g/mol. The van der Waals surface area contributed by atoms with Crippen molar-refractivity contribution in [2.45, 2.75) is 26.8 Å². The van der Waals surface area contributed by atoms with Crippen molar-refractivity contribution >= 4 is 5.91 Å². The van der Waals surface area contributed by atoms with E-state index in [4.69, 9.17) is 4.74 Å². The first-order chi connectivity index (χ1) is 13.1. The molecule has 0 aliphatic carbocycles. The first-order valence-corrected chi connectivity index (χ1v) is 8.82. The summed E-state index contributed by atoms with van der Waals surface area (Å²) >= 11 is 0. The average molecular weight is 365 g/mol. The normalized spacial score (nSPS) is 10.6. The molecule has 2 heterocycles. The van der Waals surface area contributed by atoms with E-state index in [0.717, 1.165) is 35.7 Å². The minimum atomic E-state index is -0.0863. The van der Waals surface area contributed by atoms with Crippen LogP contribution in [0, 0.1) is 13.8 Å². The Morgan fingerprint density at radius 2 is 1.93 bits per heavy atom. The second-order valence-electron chi connectivity index (χ2n) is 6.23. The molecular formula is C20H23N5O2. The van der Waals surface area contributed by atoms with Crippen LogP contribution >= 0.6 is 0 Å².